The van der Waals surface area contributed by atoms with Crippen molar-refractivity contribution >= 4 is 28.3 Å². The number of hydrogen-bond acceptors (Lipinski definition) is 5. The summed E-state index contributed by atoms with van der Waals surface area (Å²) in [6.07, 6.45) is 0. The molecule has 0 radical (unpaired) electrons. The topological polar surface area (TPSA) is 68.6 Å². The number of para-hydroxylation sites is 3. The molecule has 4 aromatic rings. The van der Waals surface area contributed by atoms with Crippen LogP contribution in [0, 0.1) is 0 Å². The van der Waals surface area contributed by atoms with Crippen LogP contribution in [0.2, 0.25) is 0 Å². The summed E-state index contributed by atoms with van der Waals surface area (Å²) in [5, 5.41) is 2.94. The van der Waals surface area contributed by atoms with Crippen LogP contribution in [0.1, 0.15) is 16.2 Å². The van der Waals surface area contributed by atoms with Crippen LogP contribution >= 0.6 is 0 Å². The van der Waals surface area contributed by atoms with Gasteiger partial charge in [-0.15, -0.1) is 0 Å². The second kappa shape index (κ2) is 8.26. The summed E-state index contributed by atoms with van der Waals surface area (Å²) < 4.78 is 13.2. The molecule has 7 heteroatoms. The lowest BCUT2D eigenvalue weighted by Crippen LogP contribution is -2.33. The molecule has 0 spiro atoms. The van der Waals surface area contributed by atoms with E-state index in [0.29, 0.717) is 29.3 Å². The van der Waals surface area contributed by atoms with E-state index in [-0.39, 0.29) is 5.91 Å². The van der Waals surface area contributed by atoms with Crippen molar-refractivity contribution in [2.45, 2.75) is 13.1 Å². The SMILES string of the molecule is COc1cc(N2CCn3c(nc4ccccc43)C2)ccc1NC(=O)c1ccccc1OC. The number of imidazole rings is 1. The molecule has 1 N–H and O–H groups in total. The number of ether oxygens (including phenoxy) is 2. The van der Waals surface area contributed by atoms with Crippen LogP contribution in [0.25, 0.3) is 11.0 Å². The van der Waals surface area contributed by atoms with Gasteiger partial charge in [0.15, 0.2) is 0 Å². The van der Waals surface area contributed by atoms with Gasteiger partial charge in [0.05, 0.1) is 43.0 Å². The van der Waals surface area contributed by atoms with Crippen molar-refractivity contribution in [2.24, 2.45) is 0 Å². The number of nitrogens with one attached hydrogen (secondary N) is 1. The number of hydrogen-bond donors (Lipinski definition) is 1. The van der Waals surface area contributed by atoms with Crippen LogP contribution in [0.3, 0.4) is 0 Å². The van der Waals surface area contributed by atoms with Crippen LogP contribution in [-0.2, 0) is 13.1 Å². The second-order valence-electron chi connectivity index (χ2n) is 7.63. The van der Waals surface area contributed by atoms with E-state index in [2.05, 4.69) is 20.9 Å². The van der Waals surface area contributed by atoms with Gasteiger partial charge in [-0.3, -0.25) is 4.79 Å². The largest absolute Gasteiger partial charge is 0.496 e. The minimum Gasteiger partial charge on any atom is -0.496 e. The molecular formula is C25H24N4O3. The highest BCUT2D eigenvalue weighted by atomic mass is 16.5. The molecule has 3 aromatic carbocycles. The normalized spacial score (nSPS) is 13.0. The van der Waals surface area contributed by atoms with Gasteiger partial charge in [0, 0.05) is 24.8 Å². The molecule has 2 heterocycles. The summed E-state index contributed by atoms with van der Waals surface area (Å²) in [4.78, 5) is 19.9. The Labute approximate surface area is 186 Å². The molecule has 0 saturated heterocycles. The van der Waals surface area contributed by atoms with E-state index < -0.39 is 0 Å². The van der Waals surface area contributed by atoms with E-state index in [1.54, 1.807) is 32.4 Å². The van der Waals surface area contributed by atoms with Gasteiger partial charge in [0.25, 0.3) is 5.91 Å². The number of amides is 1. The van der Waals surface area contributed by atoms with Crippen molar-refractivity contribution < 1.29 is 14.3 Å². The third-order valence-electron chi connectivity index (χ3n) is 5.81. The van der Waals surface area contributed by atoms with Gasteiger partial charge < -0.3 is 24.3 Å². The highest BCUT2D eigenvalue weighted by molar-refractivity contribution is 6.07. The Morgan fingerprint density at radius 3 is 2.56 bits per heavy atom. The Morgan fingerprint density at radius 2 is 1.72 bits per heavy atom. The smallest absolute Gasteiger partial charge is 0.259 e. The van der Waals surface area contributed by atoms with Crippen molar-refractivity contribution in [3.8, 4) is 11.5 Å². The molecule has 1 amide bonds. The van der Waals surface area contributed by atoms with Crippen LogP contribution in [0.5, 0.6) is 11.5 Å². The Balaban J connectivity index is 1.38. The first-order chi connectivity index (χ1) is 15.7. The Kier molecular flexibility index (Phi) is 5.15. The number of carbonyl (C=O) groups excluding carboxylic acids is 1. The minimum atomic E-state index is -0.250. The molecule has 7 nitrogen and oxygen atoms in total. The summed E-state index contributed by atoms with van der Waals surface area (Å²) in [6, 6.07) is 21.2. The third kappa shape index (κ3) is 3.51. The standard InChI is InChI=1S/C25H24N4O3/c1-31-22-10-6-3-7-18(22)25(30)27-20-12-11-17(15-23(20)32-2)28-13-14-29-21-9-5-4-8-19(21)26-24(29)16-28/h3-12,15H,13-14,16H2,1-2H3,(H,27,30). The number of fused-ring (bicyclic) bond motifs is 3. The average molecular weight is 428 g/mol. The first-order valence-corrected chi connectivity index (χ1v) is 10.5. The molecule has 1 aliphatic heterocycles. The number of benzene rings is 3. The molecular weight excluding hydrogens is 404 g/mol. The van der Waals surface area contributed by atoms with Gasteiger partial charge in [-0.2, -0.15) is 0 Å². The highest BCUT2D eigenvalue weighted by Crippen LogP contribution is 2.33. The number of methoxy groups -OCH3 is 2. The van der Waals surface area contributed by atoms with Gasteiger partial charge in [0.2, 0.25) is 0 Å². The molecule has 162 valence electrons. The van der Waals surface area contributed by atoms with Crippen LogP contribution in [0.4, 0.5) is 11.4 Å². The molecule has 0 unspecified atom stereocenters. The predicted octanol–water partition coefficient (Wildman–Crippen LogP) is 4.33. The predicted molar refractivity (Wildman–Crippen MR) is 125 cm³/mol. The Morgan fingerprint density at radius 1 is 0.938 bits per heavy atom. The molecule has 0 aliphatic carbocycles. The van der Waals surface area contributed by atoms with Crippen molar-refractivity contribution in [2.75, 3.05) is 31.0 Å². The fourth-order valence-electron chi connectivity index (χ4n) is 4.19. The molecule has 0 saturated carbocycles. The van der Waals surface area contributed by atoms with Crippen molar-refractivity contribution in [1.82, 2.24) is 9.55 Å². The number of rotatable bonds is 5. The molecule has 32 heavy (non-hydrogen) atoms. The summed E-state index contributed by atoms with van der Waals surface area (Å²) in [6.45, 7) is 2.44. The van der Waals surface area contributed by atoms with Crippen molar-refractivity contribution in [3.63, 3.8) is 0 Å². The molecule has 1 aromatic heterocycles. The number of anilines is 2. The van der Waals surface area contributed by atoms with E-state index in [4.69, 9.17) is 14.5 Å². The lowest BCUT2D eigenvalue weighted by atomic mass is 10.1. The van der Waals surface area contributed by atoms with Crippen LogP contribution in [-0.4, -0.2) is 36.2 Å². The first-order valence-electron chi connectivity index (χ1n) is 10.5. The van der Waals surface area contributed by atoms with Crippen molar-refractivity contribution in [1.29, 1.82) is 0 Å². The molecule has 0 fully saturated rings. The zero-order valence-corrected chi connectivity index (χ0v) is 18.0. The number of carbonyl (C=O) groups is 1. The van der Waals surface area contributed by atoms with Gasteiger partial charge in [-0.1, -0.05) is 24.3 Å². The fraction of sp³-hybridized carbons (Fsp3) is 0.200. The quantitative estimate of drug-likeness (QED) is 0.513. The Bertz CT molecular complexity index is 1300. The molecule has 0 atom stereocenters. The minimum absolute atomic E-state index is 0.250. The van der Waals surface area contributed by atoms with Crippen LogP contribution in [0.15, 0.2) is 66.7 Å². The number of nitrogens with zero attached hydrogens (tertiary/aromatic N) is 3. The molecule has 5 rings (SSSR count). The third-order valence-corrected chi connectivity index (χ3v) is 5.81. The molecule has 1 aliphatic rings. The lowest BCUT2D eigenvalue weighted by molar-refractivity contribution is 0.102. The summed E-state index contributed by atoms with van der Waals surface area (Å²) >= 11 is 0. The maximum atomic E-state index is 12.8. The van der Waals surface area contributed by atoms with Crippen molar-refractivity contribution in [3.05, 3.63) is 78.1 Å². The summed E-state index contributed by atoms with van der Waals surface area (Å²) in [5.74, 6) is 1.92. The van der Waals surface area contributed by atoms with Gasteiger partial charge in [-0.05, 0) is 36.4 Å². The van der Waals surface area contributed by atoms with E-state index in [9.17, 15) is 4.79 Å². The average Bonchev–Trinajstić information content (AvgIpc) is 3.22. The van der Waals surface area contributed by atoms with E-state index >= 15 is 0 Å². The summed E-state index contributed by atoms with van der Waals surface area (Å²) in [7, 11) is 3.15. The number of aromatic nitrogens is 2. The maximum absolute atomic E-state index is 12.8. The van der Waals surface area contributed by atoms with E-state index in [0.717, 1.165) is 30.1 Å². The maximum Gasteiger partial charge on any atom is 0.259 e. The van der Waals surface area contributed by atoms with E-state index in [1.165, 1.54) is 5.52 Å². The second-order valence-corrected chi connectivity index (χ2v) is 7.63. The van der Waals surface area contributed by atoms with Gasteiger partial charge in [0.1, 0.15) is 17.3 Å². The van der Waals surface area contributed by atoms with Crippen LogP contribution < -0.4 is 19.7 Å². The monoisotopic (exact) mass is 428 g/mol. The fourth-order valence-corrected chi connectivity index (χ4v) is 4.19. The lowest BCUT2D eigenvalue weighted by Gasteiger charge is -2.30. The van der Waals surface area contributed by atoms with Gasteiger partial charge in [-0.25, -0.2) is 4.98 Å². The zero-order chi connectivity index (χ0) is 22.1. The zero-order valence-electron chi connectivity index (χ0n) is 18.0. The summed E-state index contributed by atoms with van der Waals surface area (Å²) in [5.41, 5.74) is 4.30. The highest BCUT2D eigenvalue weighted by Gasteiger charge is 2.21. The molecule has 0 bridgehead atoms. The Hall–Kier alpha value is -4.00. The van der Waals surface area contributed by atoms with Gasteiger partial charge >= 0.3 is 0 Å². The van der Waals surface area contributed by atoms with E-state index in [1.807, 2.05) is 42.5 Å². The first kappa shape index (κ1) is 19.9.